The van der Waals surface area contributed by atoms with Gasteiger partial charge in [0.2, 0.25) is 0 Å². The minimum absolute atomic E-state index is 0. The molecule has 0 atom stereocenters. The van der Waals surface area contributed by atoms with E-state index >= 15 is 0 Å². The van der Waals surface area contributed by atoms with E-state index in [9.17, 15) is 0 Å². The second-order valence-electron chi connectivity index (χ2n) is 6.30. The summed E-state index contributed by atoms with van der Waals surface area (Å²) in [7, 11) is 0. The molecule has 0 spiro atoms. The summed E-state index contributed by atoms with van der Waals surface area (Å²) in [6.45, 7) is 8.27. The fourth-order valence-electron chi connectivity index (χ4n) is 3.65. The lowest BCUT2D eigenvalue weighted by atomic mass is 10.1. The Hall–Kier alpha value is -1.06. The van der Waals surface area contributed by atoms with Crippen molar-refractivity contribution in [2.45, 2.75) is 26.2 Å². The first-order valence-electron chi connectivity index (χ1n) is 8.28. The molecule has 1 saturated heterocycles. The van der Waals surface area contributed by atoms with Gasteiger partial charge in [0.05, 0.1) is 19.6 Å². The zero-order valence-corrected chi connectivity index (χ0v) is 15.0. The number of halogens is 1. The number of hydrogen-bond donors (Lipinski definition) is 0. The van der Waals surface area contributed by atoms with Crippen LogP contribution in [0.1, 0.15) is 26.2 Å². The molecule has 0 aliphatic carbocycles. The van der Waals surface area contributed by atoms with Crippen LogP contribution >= 0.6 is 0 Å². The number of rotatable bonds is 6. The van der Waals surface area contributed by atoms with Crippen molar-refractivity contribution >= 4 is 10.8 Å². The van der Waals surface area contributed by atoms with Gasteiger partial charge < -0.3 is 26.2 Å². The molecule has 2 aromatic carbocycles. The molecular formula is C19H26BrNO. The summed E-state index contributed by atoms with van der Waals surface area (Å²) < 4.78 is 7.30. The van der Waals surface area contributed by atoms with Crippen LogP contribution in [0.25, 0.3) is 10.8 Å². The van der Waals surface area contributed by atoms with E-state index in [0.717, 1.165) is 18.9 Å². The Labute approximate surface area is 144 Å². The minimum Gasteiger partial charge on any atom is -1.00 e. The molecule has 3 heteroatoms. The van der Waals surface area contributed by atoms with Crippen LogP contribution in [0.4, 0.5) is 0 Å². The fourth-order valence-corrected chi connectivity index (χ4v) is 3.65. The SMILES string of the molecule is CCC[N+]1(CCOc2ccc3ccccc3c2)CCCC1.[Br-]. The van der Waals surface area contributed by atoms with Gasteiger partial charge in [-0.1, -0.05) is 37.3 Å². The zero-order valence-electron chi connectivity index (χ0n) is 13.4. The Balaban J connectivity index is 0.00000176. The number of fused-ring (bicyclic) bond motifs is 1. The van der Waals surface area contributed by atoms with Crippen molar-refractivity contribution in [2.75, 3.05) is 32.8 Å². The van der Waals surface area contributed by atoms with Gasteiger partial charge in [0.1, 0.15) is 18.9 Å². The fraction of sp³-hybridized carbons (Fsp3) is 0.474. The van der Waals surface area contributed by atoms with Gasteiger partial charge in [-0.15, -0.1) is 0 Å². The van der Waals surface area contributed by atoms with Crippen LogP contribution < -0.4 is 21.7 Å². The summed E-state index contributed by atoms with van der Waals surface area (Å²) >= 11 is 0. The smallest absolute Gasteiger partial charge is 0.137 e. The molecule has 0 saturated carbocycles. The predicted molar refractivity (Wildman–Crippen MR) is 88.7 cm³/mol. The van der Waals surface area contributed by atoms with E-state index in [0.29, 0.717) is 0 Å². The van der Waals surface area contributed by atoms with Gasteiger partial charge in [-0.3, -0.25) is 0 Å². The average Bonchev–Trinajstić information content (AvgIpc) is 2.96. The summed E-state index contributed by atoms with van der Waals surface area (Å²) in [4.78, 5) is 0. The van der Waals surface area contributed by atoms with Crippen LogP contribution in [0.2, 0.25) is 0 Å². The molecule has 22 heavy (non-hydrogen) atoms. The average molecular weight is 364 g/mol. The Bertz CT molecular complexity index is 593. The molecule has 2 nitrogen and oxygen atoms in total. The Morgan fingerprint density at radius 1 is 0.955 bits per heavy atom. The third-order valence-corrected chi connectivity index (χ3v) is 4.77. The summed E-state index contributed by atoms with van der Waals surface area (Å²) in [5, 5.41) is 2.53. The first-order valence-corrected chi connectivity index (χ1v) is 8.28. The van der Waals surface area contributed by atoms with Crippen LogP contribution in [0.15, 0.2) is 42.5 Å². The number of quaternary nitrogens is 1. The van der Waals surface area contributed by atoms with E-state index in [1.165, 1.54) is 54.2 Å². The molecule has 0 amide bonds. The molecule has 1 heterocycles. The van der Waals surface area contributed by atoms with Gasteiger partial charge in [-0.05, 0) is 29.3 Å². The Morgan fingerprint density at radius 2 is 1.68 bits per heavy atom. The third-order valence-electron chi connectivity index (χ3n) is 4.77. The third kappa shape index (κ3) is 4.02. The van der Waals surface area contributed by atoms with E-state index in [4.69, 9.17) is 4.74 Å². The van der Waals surface area contributed by atoms with Gasteiger partial charge >= 0.3 is 0 Å². The lowest BCUT2D eigenvalue weighted by Gasteiger charge is -2.33. The Kier molecular flexibility index (Phi) is 6.27. The highest BCUT2D eigenvalue weighted by Crippen LogP contribution is 2.22. The van der Waals surface area contributed by atoms with E-state index < -0.39 is 0 Å². The predicted octanol–water partition coefficient (Wildman–Crippen LogP) is 1.24. The van der Waals surface area contributed by atoms with Crippen LogP contribution in [-0.4, -0.2) is 37.3 Å². The largest absolute Gasteiger partial charge is 1.00 e. The van der Waals surface area contributed by atoms with E-state index in [1.54, 1.807) is 0 Å². The highest BCUT2D eigenvalue weighted by atomic mass is 79.9. The second kappa shape index (κ2) is 7.98. The molecule has 0 aromatic heterocycles. The van der Waals surface area contributed by atoms with Crippen molar-refractivity contribution in [3.8, 4) is 5.75 Å². The van der Waals surface area contributed by atoms with Crippen molar-refractivity contribution < 1.29 is 26.2 Å². The molecular weight excluding hydrogens is 338 g/mol. The van der Waals surface area contributed by atoms with Crippen molar-refractivity contribution in [3.63, 3.8) is 0 Å². The molecule has 1 aliphatic heterocycles. The van der Waals surface area contributed by atoms with Gasteiger partial charge in [0.15, 0.2) is 0 Å². The highest BCUT2D eigenvalue weighted by molar-refractivity contribution is 5.83. The standard InChI is InChI=1S/C19H26NO.BrH/c1-2-11-20(12-5-6-13-20)14-15-21-19-10-9-17-7-3-4-8-18(17)16-19;/h3-4,7-10,16H,2,5-6,11-15H2,1H3;1H/q+1;/p-1. The van der Waals surface area contributed by atoms with Crippen molar-refractivity contribution in [1.29, 1.82) is 0 Å². The van der Waals surface area contributed by atoms with Crippen LogP contribution in [0.5, 0.6) is 5.75 Å². The lowest BCUT2D eigenvalue weighted by Crippen LogP contribution is -3.00. The van der Waals surface area contributed by atoms with Crippen molar-refractivity contribution in [2.24, 2.45) is 0 Å². The number of benzene rings is 2. The maximum atomic E-state index is 6.03. The van der Waals surface area contributed by atoms with Crippen LogP contribution in [-0.2, 0) is 0 Å². The van der Waals surface area contributed by atoms with Crippen LogP contribution in [0, 0.1) is 0 Å². The van der Waals surface area contributed by atoms with Gasteiger partial charge in [0.25, 0.3) is 0 Å². The summed E-state index contributed by atoms with van der Waals surface area (Å²) in [6.07, 6.45) is 4.04. The topological polar surface area (TPSA) is 9.23 Å². The molecule has 1 aliphatic rings. The first-order chi connectivity index (χ1) is 10.3. The molecule has 0 radical (unpaired) electrons. The number of hydrogen-bond acceptors (Lipinski definition) is 1. The Morgan fingerprint density at radius 3 is 2.41 bits per heavy atom. The van der Waals surface area contributed by atoms with Gasteiger partial charge in [0, 0.05) is 12.8 Å². The molecule has 0 bridgehead atoms. The quantitative estimate of drug-likeness (QED) is 0.701. The number of ether oxygens (including phenoxy) is 1. The molecule has 0 unspecified atom stereocenters. The molecule has 1 fully saturated rings. The van der Waals surface area contributed by atoms with E-state index in [1.807, 2.05) is 0 Å². The van der Waals surface area contributed by atoms with Crippen molar-refractivity contribution in [1.82, 2.24) is 0 Å². The van der Waals surface area contributed by atoms with E-state index in [2.05, 4.69) is 49.4 Å². The monoisotopic (exact) mass is 363 g/mol. The van der Waals surface area contributed by atoms with Crippen molar-refractivity contribution in [3.05, 3.63) is 42.5 Å². The first kappa shape index (κ1) is 17.3. The zero-order chi connectivity index (χ0) is 14.5. The van der Waals surface area contributed by atoms with Crippen LogP contribution in [0.3, 0.4) is 0 Å². The highest BCUT2D eigenvalue weighted by Gasteiger charge is 2.30. The number of nitrogens with zero attached hydrogens (tertiary/aromatic N) is 1. The summed E-state index contributed by atoms with van der Waals surface area (Å²) in [6, 6.07) is 14.8. The molecule has 3 rings (SSSR count). The van der Waals surface area contributed by atoms with Gasteiger partial charge in [-0.25, -0.2) is 0 Å². The van der Waals surface area contributed by atoms with E-state index in [-0.39, 0.29) is 17.0 Å². The molecule has 0 N–H and O–H groups in total. The summed E-state index contributed by atoms with van der Waals surface area (Å²) in [5.74, 6) is 1.00. The second-order valence-corrected chi connectivity index (χ2v) is 6.30. The number of likely N-dealkylation sites (tertiary alicyclic amines) is 1. The maximum Gasteiger partial charge on any atom is 0.137 e. The molecule has 2 aromatic rings. The normalized spacial score (nSPS) is 16.4. The molecule has 120 valence electrons. The van der Waals surface area contributed by atoms with Gasteiger partial charge in [-0.2, -0.15) is 0 Å². The lowest BCUT2D eigenvalue weighted by molar-refractivity contribution is -0.916. The minimum atomic E-state index is 0. The maximum absolute atomic E-state index is 6.03. The summed E-state index contributed by atoms with van der Waals surface area (Å²) in [5.41, 5.74) is 0.